The number of hydrogen-bond acceptors (Lipinski definition) is 9. The molecule has 0 atom stereocenters. The lowest BCUT2D eigenvalue weighted by Gasteiger charge is -2.05. The van der Waals surface area contributed by atoms with Crippen LogP contribution in [0.4, 0.5) is 5.88 Å². The SMILES string of the molecule is CCn1c(SCC(=O)N/N=C/Cc2ccc([N+](=O)[O-])o2)nnc1-c1ccco1. The third kappa shape index (κ3) is 4.65. The third-order valence-electron chi connectivity index (χ3n) is 3.51. The van der Waals surface area contributed by atoms with Crippen LogP contribution in [0.1, 0.15) is 12.7 Å². The van der Waals surface area contributed by atoms with Crippen molar-refractivity contribution < 1.29 is 18.6 Å². The summed E-state index contributed by atoms with van der Waals surface area (Å²) in [6.07, 6.45) is 3.18. The molecule has 3 aromatic heterocycles. The summed E-state index contributed by atoms with van der Waals surface area (Å²) in [7, 11) is 0. The summed E-state index contributed by atoms with van der Waals surface area (Å²) >= 11 is 1.23. The van der Waals surface area contributed by atoms with Crippen LogP contribution in [0, 0.1) is 10.1 Å². The minimum atomic E-state index is -0.619. The third-order valence-corrected chi connectivity index (χ3v) is 4.47. The molecule has 3 rings (SSSR count). The molecule has 0 bridgehead atoms. The summed E-state index contributed by atoms with van der Waals surface area (Å²) in [4.78, 5) is 21.8. The zero-order chi connectivity index (χ0) is 19.9. The van der Waals surface area contributed by atoms with E-state index in [0.29, 0.717) is 29.0 Å². The average Bonchev–Trinajstić information content (AvgIpc) is 3.43. The van der Waals surface area contributed by atoms with Gasteiger partial charge in [-0.2, -0.15) is 5.10 Å². The Kier molecular flexibility index (Phi) is 6.22. The largest absolute Gasteiger partial charge is 0.461 e. The number of furan rings is 2. The normalized spacial score (nSPS) is 11.2. The number of nitrogens with one attached hydrogen (secondary N) is 1. The van der Waals surface area contributed by atoms with Crippen LogP contribution in [0.3, 0.4) is 0 Å². The van der Waals surface area contributed by atoms with Crippen molar-refractivity contribution in [2.45, 2.75) is 25.0 Å². The van der Waals surface area contributed by atoms with Crippen molar-refractivity contribution in [3.05, 3.63) is 46.4 Å². The van der Waals surface area contributed by atoms with Gasteiger partial charge in [-0.3, -0.25) is 19.5 Å². The fourth-order valence-electron chi connectivity index (χ4n) is 2.26. The first-order valence-corrected chi connectivity index (χ1v) is 9.20. The number of hydrazone groups is 1. The highest BCUT2D eigenvalue weighted by molar-refractivity contribution is 7.99. The summed E-state index contributed by atoms with van der Waals surface area (Å²) in [6, 6.07) is 6.30. The number of aromatic nitrogens is 3. The average molecular weight is 404 g/mol. The second kappa shape index (κ2) is 8.99. The first kappa shape index (κ1) is 19.4. The van der Waals surface area contributed by atoms with Gasteiger partial charge in [0.15, 0.2) is 16.7 Å². The first-order valence-electron chi connectivity index (χ1n) is 8.21. The fourth-order valence-corrected chi connectivity index (χ4v) is 3.05. The van der Waals surface area contributed by atoms with Crippen LogP contribution in [0.5, 0.6) is 0 Å². The molecule has 11 nitrogen and oxygen atoms in total. The molecular formula is C16H16N6O5S. The zero-order valence-corrected chi connectivity index (χ0v) is 15.6. The predicted molar refractivity (Wildman–Crippen MR) is 99.8 cm³/mol. The first-order chi connectivity index (χ1) is 13.6. The van der Waals surface area contributed by atoms with Gasteiger partial charge in [-0.25, -0.2) is 5.43 Å². The van der Waals surface area contributed by atoms with Gasteiger partial charge >= 0.3 is 5.88 Å². The van der Waals surface area contributed by atoms with Crippen molar-refractivity contribution in [2.75, 3.05) is 5.75 Å². The zero-order valence-electron chi connectivity index (χ0n) is 14.8. The van der Waals surface area contributed by atoms with E-state index in [1.807, 2.05) is 11.5 Å². The number of carbonyl (C=O) groups is 1. The maximum Gasteiger partial charge on any atom is 0.433 e. The standard InChI is InChI=1S/C16H16N6O5S/c1-2-21-15(12-4-3-9-26-12)19-20-16(21)28-10-13(23)18-17-8-7-11-5-6-14(27-11)22(24)25/h3-6,8-9H,2,7,10H2,1H3,(H,18,23)/b17-8+. The van der Waals surface area contributed by atoms with Crippen LogP contribution in [-0.2, 0) is 17.8 Å². The second-order valence-corrected chi connectivity index (χ2v) is 6.31. The van der Waals surface area contributed by atoms with Crippen LogP contribution in [-0.4, -0.2) is 37.6 Å². The molecule has 0 aliphatic carbocycles. The quantitative estimate of drug-likeness (QED) is 0.248. The van der Waals surface area contributed by atoms with Gasteiger partial charge in [0.05, 0.1) is 18.1 Å². The van der Waals surface area contributed by atoms with Crippen LogP contribution in [0.25, 0.3) is 11.6 Å². The lowest BCUT2D eigenvalue weighted by Crippen LogP contribution is -2.20. The Hall–Kier alpha value is -3.41. The maximum atomic E-state index is 11.9. The molecule has 1 N–H and O–H groups in total. The maximum absolute atomic E-state index is 11.9. The molecule has 0 saturated heterocycles. The number of nitro groups is 1. The van der Waals surface area contributed by atoms with Crippen molar-refractivity contribution in [2.24, 2.45) is 5.10 Å². The van der Waals surface area contributed by atoms with Gasteiger partial charge in [0.25, 0.3) is 5.91 Å². The molecule has 1 amide bonds. The van der Waals surface area contributed by atoms with Crippen LogP contribution in [0.15, 0.2) is 49.6 Å². The van der Waals surface area contributed by atoms with E-state index < -0.39 is 4.92 Å². The summed E-state index contributed by atoms with van der Waals surface area (Å²) in [5.74, 6) is 1.02. The Morgan fingerprint density at radius 2 is 2.29 bits per heavy atom. The summed E-state index contributed by atoms with van der Waals surface area (Å²) < 4.78 is 12.2. The highest BCUT2D eigenvalue weighted by atomic mass is 32.2. The minimum Gasteiger partial charge on any atom is -0.461 e. The molecule has 12 heteroatoms. The number of hydrogen-bond donors (Lipinski definition) is 1. The smallest absolute Gasteiger partial charge is 0.433 e. The molecule has 146 valence electrons. The molecule has 3 aromatic rings. The number of thioether (sulfide) groups is 1. The molecule has 0 spiro atoms. The number of nitrogens with zero attached hydrogens (tertiary/aromatic N) is 5. The van der Waals surface area contributed by atoms with Crippen molar-refractivity contribution in [1.82, 2.24) is 20.2 Å². The minimum absolute atomic E-state index is 0.0971. The highest BCUT2D eigenvalue weighted by Crippen LogP contribution is 2.24. The van der Waals surface area contributed by atoms with Crippen LogP contribution < -0.4 is 5.43 Å². The molecule has 3 heterocycles. The Morgan fingerprint density at radius 3 is 2.96 bits per heavy atom. The lowest BCUT2D eigenvalue weighted by atomic mass is 10.3. The van der Waals surface area contributed by atoms with Crippen molar-refractivity contribution in [3.8, 4) is 11.6 Å². The van der Waals surface area contributed by atoms with E-state index >= 15 is 0 Å². The van der Waals surface area contributed by atoms with E-state index in [9.17, 15) is 14.9 Å². The summed E-state index contributed by atoms with van der Waals surface area (Å²) in [5, 5.41) is 23.1. The monoisotopic (exact) mass is 404 g/mol. The van der Waals surface area contributed by atoms with Gasteiger partial charge in [0.1, 0.15) is 10.7 Å². The Labute approximate surface area is 163 Å². The Bertz CT molecular complexity index is 978. The van der Waals surface area contributed by atoms with Crippen molar-refractivity contribution in [1.29, 1.82) is 0 Å². The van der Waals surface area contributed by atoms with Gasteiger partial charge in [-0.15, -0.1) is 10.2 Å². The van der Waals surface area contributed by atoms with Gasteiger partial charge in [0.2, 0.25) is 0 Å². The molecular weight excluding hydrogens is 388 g/mol. The van der Waals surface area contributed by atoms with Gasteiger partial charge in [-0.1, -0.05) is 11.8 Å². The van der Waals surface area contributed by atoms with E-state index in [0.717, 1.165) is 0 Å². The van der Waals surface area contributed by atoms with Gasteiger partial charge < -0.3 is 8.83 Å². The van der Waals surface area contributed by atoms with Crippen LogP contribution >= 0.6 is 11.8 Å². The summed E-state index contributed by atoms with van der Waals surface area (Å²) in [6.45, 7) is 2.57. The summed E-state index contributed by atoms with van der Waals surface area (Å²) in [5.41, 5.74) is 2.38. The molecule has 0 unspecified atom stereocenters. The van der Waals surface area contributed by atoms with Crippen LogP contribution in [0.2, 0.25) is 0 Å². The molecule has 0 aliphatic rings. The lowest BCUT2D eigenvalue weighted by molar-refractivity contribution is -0.402. The highest BCUT2D eigenvalue weighted by Gasteiger charge is 2.16. The van der Waals surface area contributed by atoms with E-state index in [4.69, 9.17) is 8.83 Å². The van der Waals surface area contributed by atoms with E-state index in [1.54, 1.807) is 18.4 Å². The van der Waals surface area contributed by atoms with Crippen molar-refractivity contribution >= 4 is 29.8 Å². The van der Waals surface area contributed by atoms with E-state index in [1.165, 1.54) is 30.1 Å². The molecule has 0 fully saturated rings. The topological polar surface area (TPSA) is 142 Å². The Balaban J connectivity index is 1.48. The number of carbonyl (C=O) groups excluding carboxylic acids is 1. The number of rotatable bonds is 9. The van der Waals surface area contributed by atoms with Gasteiger partial charge in [-0.05, 0) is 25.1 Å². The van der Waals surface area contributed by atoms with E-state index in [2.05, 4.69) is 20.7 Å². The van der Waals surface area contributed by atoms with Gasteiger partial charge in [0, 0.05) is 19.2 Å². The Morgan fingerprint density at radius 1 is 1.43 bits per heavy atom. The van der Waals surface area contributed by atoms with E-state index in [-0.39, 0.29) is 24.0 Å². The van der Waals surface area contributed by atoms with Crippen molar-refractivity contribution in [3.63, 3.8) is 0 Å². The fraction of sp³-hybridized carbons (Fsp3) is 0.250. The second-order valence-electron chi connectivity index (χ2n) is 5.36. The molecule has 0 aliphatic heterocycles. The predicted octanol–water partition coefficient (Wildman–Crippen LogP) is 2.50. The molecule has 28 heavy (non-hydrogen) atoms. The molecule has 0 radical (unpaired) electrons. The number of amides is 1. The molecule has 0 saturated carbocycles. The molecule has 0 aromatic carbocycles.